The molecule has 3 aromatic rings. The summed E-state index contributed by atoms with van der Waals surface area (Å²) in [5.74, 6) is -0.307. The predicted octanol–water partition coefficient (Wildman–Crippen LogP) is 4.23. The summed E-state index contributed by atoms with van der Waals surface area (Å²) in [4.78, 5) is 16.2. The van der Waals surface area contributed by atoms with Crippen LogP contribution in [0.5, 0.6) is 0 Å². The van der Waals surface area contributed by atoms with Crippen LogP contribution in [0.4, 0.5) is 0 Å². The van der Waals surface area contributed by atoms with E-state index < -0.39 is 0 Å². The third-order valence-electron chi connectivity index (χ3n) is 4.27. The third kappa shape index (κ3) is 2.95. The van der Waals surface area contributed by atoms with E-state index in [1.54, 1.807) is 0 Å². The third-order valence-corrected chi connectivity index (χ3v) is 4.27. The molecule has 1 heterocycles. The molecule has 3 heteroatoms. The van der Waals surface area contributed by atoms with E-state index in [-0.39, 0.29) is 5.97 Å². The number of benzene rings is 2. The summed E-state index contributed by atoms with van der Waals surface area (Å²) in [6, 6.07) is 15.8. The SMILES string of the molecule is COC(=O)c1ccc(Cc2c(C)c(C)nc3ccccc23)cc1. The van der Waals surface area contributed by atoms with Gasteiger partial charge in [-0.15, -0.1) is 0 Å². The van der Waals surface area contributed by atoms with E-state index in [1.165, 1.54) is 23.6 Å². The molecule has 3 rings (SSSR count). The molecule has 0 bridgehead atoms. The van der Waals surface area contributed by atoms with Crippen molar-refractivity contribution in [2.45, 2.75) is 20.3 Å². The summed E-state index contributed by atoms with van der Waals surface area (Å²) in [6.45, 7) is 4.17. The zero-order valence-corrected chi connectivity index (χ0v) is 13.6. The van der Waals surface area contributed by atoms with Gasteiger partial charge in [0.15, 0.2) is 0 Å². The van der Waals surface area contributed by atoms with Gasteiger partial charge in [0.1, 0.15) is 0 Å². The maximum Gasteiger partial charge on any atom is 0.337 e. The number of para-hydroxylation sites is 1. The molecule has 23 heavy (non-hydrogen) atoms. The normalized spacial score (nSPS) is 10.7. The van der Waals surface area contributed by atoms with E-state index in [0.29, 0.717) is 5.56 Å². The number of esters is 1. The van der Waals surface area contributed by atoms with Crippen LogP contribution in [-0.4, -0.2) is 18.1 Å². The molecule has 0 fully saturated rings. The Hall–Kier alpha value is -2.68. The van der Waals surface area contributed by atoms with E-state index in [1.807, 2.05) is 49.4 Å². The van der Waals surface area contributed by atoms with Crippen molar-refractivity contribution < 1.29 is 9.53 Å². The smallest absolute Gasteiger partial charge is 0.337 e. The Morgan fingerprint density at radius 3 is 2.43 bits per heavy atom. The molecule has 1 aromatic heterocycles. The number of carbonyl (C=O) groups excluding carboxylic acids is 1. The zero-order valence-electron chi connectivity index (χ0n) is 13.6. The van der Waals surface area contributed by atoms with Gasteiger partial charge in [0.2, 0.25) is 0 Å². The maximum absolute atomic E-state index is 11.5. The minimum atomic E-state index is -0.307. The van der Waals surface area contributed by atoms with Gasteiger partial charge in [-0.1, -0.05) is 30.3 Å². The molecule has 116 valence electrons. The lowest BCUT2D eigenvalue weighted by Gasteiger charge is -2.13. The van der Waals surface area contributed by atoms with Crippen molar-refractivity contribution in [2.24, 2.45) is 0 Å². The Morgan fingerprint density at radius 1 is 1.04 bits per heavy atom. The Bertz CT molecular complexity index is 867. The van der Waals surface area contributed by atoms with E-state index in [4.69, 9.17) is 4.74 Å². The topological polar surface area (TPSA) is 39.2 Å². The number of aryl methyl sites for hydroxylation is 1. The van der Waals surface area contributed by atoms with Crippen molar-refractivity contribution in [2.75, 3.05) is 7.11 Å². The standard InChI is InChI=1S/C20H19NO2/c1-13-14(2)21-19-7-5-4-6-17(19)18(13)12-15-8-10-16(11-9-15)20(22)23-3/h4-11H,12H2,1-3H3. The second-order valence-electron chi connectivity index (χ2n) is 5.68. The van der Waals surface area contributed by atoms with Gasteiger partial charge in [-0.3, -0.25) is 4.98 Å². The highest BCUT2D eigenvalue weighted by Gasteiger charge is 2.11. The molecule has 0 saturated heterocycles. The van der Waals surface area contributed by atoms with E-state index in [0.717, 1.165) is 23.2 Å². The number of rotatable bonds is 3. The first-order valence-electron chi connectivity index (χ1n) is 7.62. The van der Waals surface area contributed by atoms with Crippen LogP contribution in [0.25, 0.3) is 10.9 Å². The summed E-state index contributed by atoms with van der Waals surface area (Å²) < 4.78 is 4.74. The number of methoxy groups -OCH3 is 1. The van der Waals surface area contributed by atoms with Gasteiger partial charge in [-0.2, -0.15) is 0 Å². The van der Waals surface area contributed by atoms with Crippen molar-refractivity contribution in [3.05, 3.63) is 76.5 Å². The van der Waals surface area contributed by atoms with Gasteiger partial charge in [-0.25, -0.2) is 4.79 Å². The van der Waals surface area contributed by atoms with E-state index in [2.05, 4.69) is 18.0 Å². The molecule has 3 nitrogen and oxygen atoms in total. The number of aromatic nitrogens is 1. The first-order valence-corrected chi connectivity index (χ1v) is 7.62. The zero-order chi connectivity index (χ0) is 16.4. The van der Waals surface area contributed by atoms with Crippen LogP contribution in [0, 0.1) is 13.8 Å². The Labute approximate surface area is 135 Å². The molecular weight excluding hydrogens is 286 g/mol. The minimum absolute atomic E-state index is 0.307. The fourth-order valence-electron chi connectivity index (χ4n) is 2.82. The van der Waals surface area contributed by atoms with Crippen LogP contribution in [0.3, 0.4) is 0 Å². The van der Waals surface area contributed by atoms with Gasteiger partial charge < -0.3 is 4.74 Å². The molecule has 0 amide bonds. The molecule has 0 aliphatic rings. The molecule has 0 aliphatic carbocycles. The molecule has 2 aromatic carbocycles. The first kappa shape index (κ1) is 15.2. The summed E-state index contributed by atoms with van der Waals surface area (Å²) >= 11 is 0. The van der Waals surface area contributed by atoms with Gasteiger partial charge >= 0.3 is 5.97 Å². The number of carbonyl (C=O) groups is 1. The number of ether oxygens (including phenoxy) is 1. The molecule has 0 N–H and O–H groups in total. The summed E-state index contributed by atoms with van der Waals surface area (Å²) in [5, 5.41) is 1.19. The number of pyridine rings is 1. The molecule has 0 atom stereocenters. The number of hydrogen-bond acceptors (Lipinski definition) is 3. The highest BCUT2D eigenvalue weighted by molar-refractivity contribution is 5.89. The van der Waals surface area contributed by atoms with Crippen LogP contribution in [0.1, 0.15) is 32.7 Å². The highest BCUT2D eigenvalue weighted by Crippen LogP contribution is 2.25. The summed E-state index contributed by atoms with van der Waals surface area (Å²) in [6.07, 6.45) is 0.817. The van der Waals surface area contributed by atoms with Crippen LogP contribution in [0.2, 0.25) is 0 Å². The molecule has 0 spiro atoms. The fraction of sp³-hybridized carbons (Fsp3) is 0.200. The van der Waals surface area contributed by atoms with Crippen LogP contribution in [-0.2, 0) is 11.2 Å². The first-order chi connectivity index (χ1) is 11.1. The van der Waals surface area contributed by atoms with Crippen LogP contribution < -0.4 is 0 Å². The van der Waals surface area contributed by atoms with Crippen molar-refractivity contribution >= 4 is 16.9 Å². The molecule has 0 aliphatic heterocycles. The summed E-state index contributed by atoms with van der Waals surface area (Å²) in [5.41, 5.74) is 6.33. The summed E-state index contributed by atoms with van der Waals surface area (Å²) in [7, 11) is 1.39. The highest BCUT2D eigenvalue weighted by atomic mass is 16.5. The average Bonchev–Trinajstić information content (AvgIpc) is 2.59. The van der Waals surface area contributed by atoms with Crippen molar-refractivity contribution in [3.8, 4) is 0 Å². The predicted molar refractivity (Wildman–Crippen MR) is 91.8 cm³/mol. The lowest BCUT2D eigenvalue weighted by Crippen LogP contribution is -2.02. The van der Waals surface area contributed by atoms with E-state index >= 15 is 0 Å². The Balaban J connectivity index is 2.01. The van der Waals surface area contributed by atoms with Gasteiger partial charge in [0, 0.05) is 11.1 Å². The van der Waals surface area contributed by atoms with Crippen LogP contribution >= 0.6 is 0 Å². The van der Waals surface area contributed by atoms with Crippen molar-refractivity contribution in [3.63, 3.8) is 0 Å². The second kappa shape index (κ2) is 6.21. The Kier molecular flexibility index (Phi) is 4.11. The van der Waals surface area contributed by atoms with Gasteiger partial charge in [0.25, 0.3) is 0 Å². The molecule has 0 unspecified atom stereocenters. The quantitative estimate of drug-likeness (QED) is 0.680. The monoisotopic (exact) mass is 305 g/mol. The number of fused-ring (bicyclic) bond motifs is 1. The number of hydrogen-bond donors (Lipinski definition) is 0. The lowest BCUT2D eigenvalue weighted by molar-refractivity contribution is 0.0600. The molecule has 0 radical (unpaired) electrons. The Morgan fingerprint density at radius 2 is 1.74 bits per heavy atom. The van der Waals surface area contributed by atoms with Gasteiger partial charge in [0.05, 0.1) is 18.2 Å². The molecule has 0 saturated carbocycles. The number of nitrogens with zero attached hydrogens (tertiary/aromatic N) is 1. The van der Waals surface area contributed by atoms with Gasteiger partial charge in [-0.05, 0) is 55.2 Å². The van der Waals surface area contributed by atoms with Crippen molar-refractivity contribution in [1.82, 2.24) is 4.98 Å². The lowest BCUT2D eigenvalue weighted by atomic mass is 9.95. The van der Waals surface area contributed by atoms with Crippen LogP contribution in [0.15, 0.2) is 48.5 Å². The van der Waals surface area contributed by atoms with Crippen molar-refractivity contribution in [1.29, 1.82) is 0 Å². The molecular formula is C20H19NO2. The fourth-order valence-corrected chi connectivity index (χ4v) is 2.82. The second-order valence-corrected chi connectivity index (χ2v) is 5.68. The largest absolute Gasteiger partial charge is 0.465 e. The minimum Gasteiger partial charge on any atom is -0.465 e. The maximum atomic E-state index is 11.5. The van der Waals surface area contributed by atoms with E-state index in [9.17, 15) is 4.79 Å². The average molecular weight is 305 g/mol.